The van der Waals surface area contributed by atoms with Crippen molar-refractivity contribution in [3.05, 3.63) is 72.6 Å². The largest absolute Gasteiger partial charge is 0.493 e. The van der Waals surface area contributed by atoms with Gasteiger partial charge in [0.25, 0.3) is 0 Å². The van der Waals surface area contributed by atoms with E-state index in [1.165, 1.54) is 12.8 Å². The fraction of sp³-hybridized carbons (Fsp3) is 0.320. The standard InChI is InChI=1S/C25H29N3O4S/c1-31-24-14-13-22(16-25(24)32-23-7-3-4-8-23)28(18-19-6-5-15-26-17-19)21-11-9-20(10-12-21)27-33(2,29)30/h5-6,9-17,23,27H,3-4,7-8,18H2,1-2H3. The van der Waals surface area contributed by atoms with E-state index in [0.717, 1.165) is 41.8 Å². The van der Waals surface area contributed by atoms with Gasteiger partial charge in [0.1, 0.15) is 0 Å². The van der Waals surface area contributed by atoms with Crippen LogP contribution in [0.2, 0.25) is 0 Å². The van der Waals surface area contributed by atoms with Gasteiger partial charge in [-0.1, -0.05) is 6.07 Å². The number of hydrogen-bond acceptors (Lipinski definition) is 6. The summed E-state index contributed by atoms with van der Waals surface area (Å²) in [7, 11) is -1.69. The normalized spacial score (nSPS) is 14.1. The quantitative estimate of drug-likeness (QED) is 0.470. The van der Waals surface area contributed by atoms with Crippen molar-refractivity contribution in [3.63, 3.8) is 0 Å². The molecular formula is C25H29N3O4S. The molecule has 0 radical (unpaired) electrons. The van der Waals surface area contributed by atoms with Crippen molar-refractivity contribution in [3.8, 4) is 11.5 Å². The van der Waals surface area contributed by atoms with E-state index in [1.54, 1.807) is 25.4 Å². The highest BCUT2D eigenvalue weighted by atomic mass is 32.2. The van der Waals surface area contributed by atoms with Crippen LogP contribution in [-0.4, -0.2) is 32.9 Å². The highest BCUT2D eigenvalue weighted by molar-refractivity contribution is 7.92. The maximum Gasteiger partial charge on any atom is 0.229 e. The van der Waals surface area contributed by atoms with Crippen molar-refractivity contribution in [2.75, 3.05) is 23.0 Å². The topological polar surface area (TPSA) is 80.8 Å². The minimum absolute atomic E-state index is 0.210. The smallest absolute Gasteiger partial charge is 0.229 e. The molecule has 0 amide bonds. The number of methoxy groups -OCH3 is 1. The molecule has 1 N–H and O–H groups in total. The summed E-state index contributed by atoms with van der Waals surface area (Å²) in [6.45, 7) is 0.585. The van der Waals surface area contributed by atoms with Gasteiger partial charge in [-0.3, -0.25) is 9.71 Å². The highest BCUT2D eigenvalue weighted by Crippen LogP contribution is 2.38. The molecule has 1 saturated carbocycles. The minimum Gasteiger partial charge on any atom is -0.493 e. The van der Waals surface area contributed by atoms with Crippen LogP contribution in [0.15, 0.2) is 67.0 Å². The zero-order valence-electron chi connectivity index (χ0n) is 18.9. The molecule has 7 nitrogen and oxygen atoms in total. The molecule has 33 heavy (non-hydrogen) atoms. The van der Waals surface area contributed by atoms with E-state index in [4.69, 9.17) is 9.47 Å². The predicted octanol–water partition coefficient (Wildman–Crippen LogP) is 5.12. The van der Waals surface area contributed by atoms with Gasteiger partial charge >= 0.3 is 0 Å². The van der Waals surface area contributed by atoms with Crippen molar-refractivity contribution in [1.29, 1.82) is 0 Å². The predicted molar refractivity (Wildman–Crippen MR) is 131 cm³/mol. The number of ether oxygens (including phenoxy) is 2. The second kappa shape index (κ2) is 10.1. The van der Waals surface area contributed by atoms with Gasteiger partial charge < -0.3 is 14.4 Å². The molecule has 0 saturated heterocycles. The van der Waals surface area contributed by atoms with E-state index in [9.17, 15) is 8.42 Å². The molecule has 0 unspecified atom stereocenters. The Morgan fingerprint density at radius 3 is 2.39 bits per heavy atom. The lowest BCUT2D eigenvalue weighted by molar-refractivity contribution is 0.201. The second-order valence-corrected chi connectivity index (χ2v) is 9.98. The van der Waals surface area contributed by atoms with Crippen molar-refractivity contribution in [1.82, 2.24) is 4.98 Å². The van der Waals surface area contributed by atoms with Gasteiger partial charge in [-0.05, 0) is 73.7 Å². The molecule has 1 heterocycles. The van der Waals surface area contributed by atoms with Crippen molar-refractivity contribution < 1.29 is 17.9 Å². The molecule has 0 bridgehead atoms. The molecule has 1 aromatic heterocycles. The summed E-state index contributed by atoms with van der Waals surface area (Å²) >= 11 is 0. The Morgan fingerprint density at radius 2 is 1.76 bits per heavy atom. The summed E-state index contributed by atoms with van der Waals surface area (Å²) in [5, 5.41) is 0. The number of rotatable bonds is 9. The van der Waals surface area contributed by atoms with Crippen LogP contribution in [0.3, 0.4) is 0 Å². The highest BCUT2D eigenvalue weighted by Gasteiger charge is 2.20. The Labute approximate surface area is 195 Å². The van der Waals surface area contributed by atoms with Crippen molar-refractivity contribution in [2.24, 2.45) is 0 Å². The Hall–Kier alpha value is -3.26. The molecule has 1 aliphatic rings. The Balaban J connectivity index is 1.68. The van der Waals surface area contributed by atoms with Crippen LogP contribution in [0, 0.1) is 0 Å². The zero-order chi connectivity index (χ0) is 23.3. The first-order chi connectivity index (χ1) is 15.9. The zero-order valence-corrected chi connectivity index (χ0v) is 19.7. The fourth-order valence-corrected chi connectivity index (χ4v) is 4.60. The lowest BCUT2D eigenvalue weighted by Gasteiger charge is -2.27. The first-order valence-electron chi connectivity index (χ1n) is 11.0. The summed E-state index contributed by atoms with van der Waals surface area (Å²) in [4.78, 5) is 6.39. The molecule has 174 valence electrons. The third kappa shape index (κ3) is 6.16. The number of hydrogen-bond donors (Lipinski definition) is 1. The van der Waals surface area contributed by atoms with Gasteiger partial charge in [0, 0.05) is 42.1 Å². The molecule has 8 heteroatoms. The van der Waals surface area contributed by atoms with Gasteiger partial charge in [0.05, 0.1) is 19.5 Å². The van der Waals surface area contributed by atoms with Gasteiger partial charge in [-0.15, -0.1) is 0 Å². The Kier molecular flexibility index (Phi) is 7.03. The molecule has 4 rings (SSSR count). The SMILES string of the molecule is COc1ccc(N(Cc2cccnc2)c2ccc(NS(C)(=O)=O)cc2)cc1OC1CCCC1. The summed E-state index contributed by atoms with van der Waals surface area (Å²) in [5.74, 6) is 1.44. The maximum absolute atomic E-state index is 11.6. The van der Waals surface area contributed by atoms with Crippen LogP contribution in [-0.2, 0) is 16.6 Å². The third-order valence-electron chi connectivity index (χ3n) is 5.60. The number of anilines is 3. The molecule has 0 atom stereocenters. The van der Waals surface area contributed by atoms with Gasteiger partial charge in [0.2, 0.25) is 10.0 Å². The number of pyridine rings is 1. The van der Waals surface area contributed by atoms with Crippen molar-refractivity contribution in [2.45, 2.75) is 38.3 Å². The lowest BCUT2D eigenvalue weighted by atomic mass is 10.1. The molecule has 3 aromatic rings. The van der Waals surface area contributed by atoms with Crippen LogP contribution in [0.1, 0.15) is 31.2 Å². The fourth-order valence-electron chi connectivity index (χ4n) is 4.04. The van der Waals surface area contributed by atoms with E-state index in [2.05, 4.69) is 14.6 Å². The molecule has 2 aromatic carbocycles. The van der Waals surface area contributed by atoms with Crippen LogP contribution in [0.25, 0.3) is 0 Å². The summed E-state index contributed by atoms with van der Waals surface area (Å²) < 4.78 is 37.5. The van der Waals surface area contributed by atoms with Crippen LogP contribution < -0.4 is 19.1 Å². The summed E-state index contributed by atoms with van der Waals surface area (Å²) in [5.41, 5.74) is 3.42. The van der Waals surface area contributed by atoms with Crippen LogP contribution in [0.5, 0.6) is 11.5 Å². The second-order valence-electron chi connectivity index (χ2n) is 8.23. The van der Waals surface area contributed by atoms with E-state index in [-0.39, 0.29) is 6.10 Å². The molecule has 1 fully saturated rings. The molecular weight excluding hydrogens is 438 g/mol. The van der Waals surface area contributed by atoms with Gasteiger partial charge in [-0.25, -0.2) is 8.42 Å². The number of aromatic nitrogens is 1. The number of sulfonamides is 1. The van der Waals surface area contributed by atoms with Crippen LogP contribution in [0.4, 0.5) is 17.1 Å². The molecule has 0 spiro atoms. The van der Waals surface area contributed by atoms with Gasteiger partial charge in [-0.2, -0.15) is 0 Å². The number of benzene rings is 2. The summed E-state index contributed by atoms with van der Waals surface area (Å²) in [6.07, 6.45) is 9.43. The first-order valence-corrected chi connectivity index (χ1v) is 12.9. The minimum atomic E-state index is -3.34. The molecule has 1 aliphatic carbocycles. The van der Waals surface area contributed by atoms with Crippen molar-refractivity contribution >= 4 is 27.1 Å². The Morgan fingerprint density at radius 1 is 1.03 bits per heavy atom. The maximum atomic E-state index is 11.6. The van der Waals surface area contributed by atoms with E-state index in [1.807, 2.05) is 48.7 Å². The van der Waals surface area contributed by atoms with E-state index >= 15 is 0 Å². The summed E-state index contributed by atoms with van der Waals surface area (Å²) in [6, 6.07) is 17.2. The van der Waals surface area contributed by atoms with E-state index < -0.39 is 10.0 Å². The van der Waals surface area contributed by atoms with Crippen LogP contribution >= 0.6 is 0 Å². The first kappa shape index (κ1) is 22.9. The van der Waals surface area contributed by atoms with E-state index in [0.29, 0.717) is 18.0 Å². The number of nitrogens with one attached hydrogen (secondary N) is 1. The average molecular weight is 468 g/mol. The monoisotopic (exact) mass is 467 g/mol. The Bertz CT molecular complexity index is 1160. The average Bonchev–Trinajstić information content (AvgIpc) is 3.31. The lowest BCUT2D eigenvalue weighted by Crippen LogP contribution is -2.18. The molecule has 0 aliphatic heterocycles. The third-order valence-corrected chi connectivity index (χ3v) is 6.21. The van der Waals surface area contributed by atoms with Gasteiger partial charge in [0.15, 0.2) is 11.5 Å². The number of nitrogens with zero attached hydrogens (tertiary/aromatic N) is 2.